The fourth-order valence-electron chi connectivity index (χ4n) is 1.71. The van der Waals surface area contributed by atoms with E-state index in [0.717, 1.165) is 0 Å². The Kier molecular flexibility index (Phi) is 4.94. The summed E-state index contributed by atoms with van der Waals surface area (Å²) >= 11 is 0. The summed E-state index contributed by atoms with van der Waals surface area (Å²) in [6.07, 6.45) is 0.0515. The van der Waals surface area contributed by atoms with Crippen LogP contribution in [0.1, 0.15) is 5.56 Å². The number of nitrogen functional groups attached to an aromatic ring is 1. The third-order valence-corrected chi connectivity index (χ3v) is 2.61. The summed E-state index contributed by atoms with van der Waals surface area (Å²) in [5.74, 6) is -0.132. The van der Waals surface area contributed by atoms with Gasteiger partial charge in [-0.05, 0) is 35.9 Å². The number of aromatic hydroxyl groups is 2. The summed E-state index contributed by atoms with van der Waals surface area (Å²) in [7, 11) is 0. The molecule has 20 heavy (non-hydrogen) atoms. The molecule has 0 heterocycles. The van der Waals surface area contributed by atoms with Gasteiger partial charge in [0.25, 0.3) is 0 Å². The fourth-order valence-corrected chi connectivity index (χ4v) is 1.71. The van der Waals surface area contributed by atoms with E-state index in [4.69, 9.17) is 5.73 Å². The second-order valence-corrected chi connectivity index (χ2v) is 4.16. The fraction of sp³-hybridized carbons (Fsp3) is 0.0714. The van der Waals surface area contributed by atoms with Crippen molar-refractivity contribution in [1.82, 2.24) is 6.15 Å². The van der Waals surface area contributed by atoms with Crippen molar-refractivity contribution in [2.24, 2.45) is 0 Å². The number of nitrogens with two attached hydrogens (primary N) is 1. The lowest BCUT2D eigenvalue weighted by molar-refractivity contribution is -0.115. The summed E-state index contributed by atoms with van der Waals surface area (Å²) in [4.78, 5) is 11.8. The van der Waals surface area contributed by atoms with Crippen LogP contribution in [0.15, 0.2) is 42.5 Å². The summed E-state index contributed by atoms with van der Waals surface area (Å²) < 4.78 is 0. The Morgan fingerprint density at radius 2 is 1.80 bits per heavy atom. The summed E-state index contributed by atoms with van der Waals surface area (Å²) in [6.45, 7) is 0. The van der Waals surface area contributed by atoms with Gasteiger partial charge in [0.05, 0.1) is 6.42 Å². The third-order valence-electron chi connectivity index (χ3n) is 2.61. The zero-order valence-electron chi connectivity index (χ0n) is 10.8. The highest BCUT2D eigenvalue weighted by Crippen LogP contribution is 2.20. The molecule has 0 aromatic heterocycles. The molecule has 2 rings (SSSR count). The standard InChI is InChI=1S/C14H14N2O3.H3N/c15-13-5-4-12(18)6-9(13)7-14(19)16-10-2-1-3-11(17)8-10;/h1-6,8,17-18H,7,15H2,(H,16,19);1H3. The number of phenolic OH excluding ortho intramolecular Hbond substituents is 2. The van der Waals surface area contributed by atoms with Gasteiger partial charge in [0.1, 0.15) is 11.5 Å². The minimum absolute atomic E-state index is 0. The zero-order chi connectivity index (χ0) is 13.8. The first-order chi connectivity index (χ1) is 9.04. The number of rotatable bonds is 3. The molecule has 0 atom stereocenters. The Morgan fingerprint density at radius 1 is 1.10 bits per heavy atom. The van der Waals surface area contributed by atoms with Crippen molar-refractivity contribution >= 4 is 17.3 Å². The van der Waals surface area contributed by atoms with Gasteiger partial charge < -0.3 is 27.4 Å². The maximum atomic E-state index is 11.8. The molecule has 106 valence electrons. The molecule has 0 saturated carbocycles. The highest BCUT2D eigenvalue weighted by atomic mass is 16.3. The molecule has 0 aliphatic carbocycles. The number of anilines is 2. The average Bonchev–Trinajstić information content (AvgIpc) is 2.34. The zero-order valence-corrected chi connectivity index (χ0v) is 10.8. The lowest BCUT2D eigenvalue weighted by atomic mass is 10.1. The van der Waals surface area contributed by atoms with Crippen LogP contribution in [-0.4, -0.2) is 16.1 Å². The van der Waals surface area contributed by atoms with E-state index in [2.05, 4.69) is 5.32 Å². The Hall–Kier alpha value is -2.73. The molecule has 0 fully saturated rings. The van der Waals surface area contributed by atoms with Gasteiger partial charge in [0.2, 0.25) is 5.91 Å². The van der Waals surface area contributed by atoms with Crippen LogP contribution in [0.4, 0.5) is 11.4 Å². The molecule has 0 radical (unpaired) electrons. The predicted molar refractivity (Wildman–Crippen MR) is 78.0 cm³/mol. The SMILES string of the molecule is N.Nc1ccc(O)cc1CC(=O)Nc1cccc(O)c1. The highest BCUT2D eigenvalue weighted by molar-refractivity contribution is 5.93. The number of hydrogen-bond acceptors (Lipinski definition) is 5. The second kappa shape index (κ2) is 6.44. The van der Waals surface area contributed by atoms with Crippen LogP contribution in [0.5, 0.6) is 11.5 Å². The molecule has 0 spiro atoms. The molecule has 0 unspecified atom stereocenters. The minimum atomic E-state index is -0.275. The van der Waals surface area contributed by atoms with Gasteiger partial charge in [-0.3, -0.25) is 4.79 Å². The van der Waals surface area contributed by atoms with E-state index in [0.29, 0.717) is 16.9 Å². The Balaban J connectivity index is 0.00000200. The smallest absolute Gasteiger partial charge is 0.228 e. The number of nitrogens with one attached hydrogen (secondary N) is 1. The molecule has 0 bridgehead atoms. The van der Waals surface area contributed by atoms with E-state index in [1.54, 1.807) is 18.2 Å². The van der Waals surface area contributed by atoms with Gasteiger partial charge in [-0.25, -0.2) is 0 Å². The predicted octanol–water partition coefficient (Wildman–Crippen LogP) is 2.02. The van der Waals surface area contributed by atoms with Crippen LogP contribution in [0, 0.1) is 0 Å². The topological polar surface area (TPSA) is 131 Å². The molecular weight excluding hydrogens is 258 g/mol. The number of amides is 1. The van der Waals surface area contributed by atoms with E-state index in [9.17, 15) is 15.0 Å². The monoisotopic (exact) mass is 275 g/mol. The molecule has 0 saturated heterocycles. The van der Waals surface area contributed by atoms with Crippen LogP contribution in [-0.2, 0) is 11.2 Å². The Bertz CT molecular complexity index is 614. The molecular formula is C14H17N3O3. The van der Waals surface area contributed by atoms with Gasteiger partial charge in [0, 0.05) is 17.4 Å². The van der Waals surface area contributed by atoms with Crippen LogP contribution in [0.25, 0.3) is 0 Å². The quantitative estimate of drug-likeness (QED) is 0.432. The molecule has 6 nitrogen and oxygen atoms in total. The van der Waals surface area contributed by atoms with Crippen molar-refractivity contribution < 1.29 is 15.0 Å². The highest BCUT2D eigenvalue weighted by Gasteiger charge is 2.08. The molecule has 0 aliphatic heterocycles. The lowest BCUT2D eigenvalue weighted by Crippen LogP contribution is -2.15. The first-order valence-corrected chi connectivity index (χ1v) is 5.71. The van der Waals surface area contributed by atoms with E-state index in [-0.39, 0.29) is 30.0 Å². The third kappa shape index (κ3) is 3.89. The summed E-state index contributed by atoms with van der Waals surface area (Å²) in [5, 5.41) is 21.3. The van der Waals surface area contributed by atoms with Crippen molar-refractivity contribution in [1.29, 1.82) is 0 Å². The van der Waals surface area contributed by atoms with Gasteiger partial charge in [-0.2, -0.15) is 0 Å². The van der Waals surface area contributed by atoms with Crippen molar-refractivity contribution in [3.63, 3.8) is 0 Å². The van der Waals surface area contributed by atoms with Gasteiger partial charge in [-0.15, -0.1) is 0 Å². The van der Waals surface area contributed by atoms with Crippen LogP contribution in [0.2, 0.25) is 0 Å². The number of benzene rings is 2. The average molecular weight is 275 g/mol. The molecule has 2 aromatic rings. The molecule has 8 N–H and O–H groups in total. The van der Waals surface area contributed by atoms with Crippen molar-refractivity contribution in [2.75, 3.05) is 11.1 Å². The number of carbonyl (C=O) groups excluding carboxylic acids is 1. The van der Waals surface area contributed by atoms with Crippen molar-refractivity contribution in [3.05, 3.63) is 48.0 Å². The van der Waals surface area contributed by atoms with E-state index >= 15 is 0 Å². The normalized spacial score (nSPS) is 9.60. The number of hydrogen-bond donors (Lipinski definition) is 5. The van der Waals surface area contributed by atoms with Crippen molar-refractivity contribution in [2.45, 2.75) is 6.42 Å². The second-order valence-electron chi connectivity index (χ2n) is 4.16. The summed E-state index contributed by atoms with van der Waals surface area (Å²) in [5.41, 5.74) is 7.23. The first kappa shape index (κ1) is 15.3. The molecule has 2 aromatic carbocycles. The van der Waals surface area contributed by atoms with Gasteiger partial charge in [0.15, 0.2) is 0 Å². The molecule has 0 aliphatic rings. The molecule has 6 heteroatoms. The van der Waals surface area contributed by atoms with Gasteiger partial charge in [-0.1, -0.05) is 6.07 Å². The molecule has 1 amide bonds. The van der Waals surface area contributed by atoms with E-state index in [1.165, 1.54) is 24.3 Å². The van der Waals surface area contributed by atoms with Crippen LogP contribution >= 0.6 is 0 Å². The van der Waals surface area contributed by atoms with Crippen LogP contribution in [0.3, 0.4) is 0 Å². The maximum absolute atomic E-state index is 11.8. The Labute approximate surface area is 116 Å². The van der Waals surface area contributed by atoms with Crippen molar-refractivity contribution in [3.8, 4) is 11.5 Å². The van der Waals surface area contributed by atoms with Gasteiger partial charge >= 0.3 is 0 Å². The largest absolute Gasteiger partial charge is 0.508 e. The number of phenols is 2. The minimum Gasteiger partial charge on any atom is -0.508 e. The Morgan fingerprint density at radius 3 is 2.50 bits per heavy atom. The number of carbonyl (C=O) groups is 1. The van der Waals surface area contributed by atoms with E-state index in [1.807, 2.05) is 0 Å². The van der Waals surface area contributed by atoms with Crippen LogP contribution < -0.4 is 17.2 Å². The lowest BCUT2D eigenvalue weighted by Gasteiger charge is -2.08. The first-order valence-electron chi connectivity index (χ1n) is 5.71. The van der Waals surface area contributed by atoms with E-state index < -0.39 is 0 Å². The maximum Gasteiger partial charge on any atom is 0.228 e. The summed E-state index contributed by atoms with van der Waals surface area (Å²) in [6, 6.07) is 10.7.